The Morgan fingerprint density at radius 3 is 2.67 bits per heavy atom. The molecule has 132 valence electrons. The number of nitrogens with zero attached hydrogens (tertiary/aromatic N) is 1. The maximum absolute atomic E-state index is 12.2. The second-order valence-electron chi connectivity index (χ2n) is 6.12. The smallest absolute Gasteiger partial charge is 0.410 e. The fourth-order valence-electron chi connectivity index (χ4n) is 2.83. The summed E-state index contributed by atoms with van der Waals surface area (Å²) >= 11 is 0. The minimum absolute atomic E-state index is 0.217. The van der Waals surface area contributed by atoms with Gasteiger partial charge in [-0.2, -0.15) is 0 Å². The van der Waals surface area contributed by atoms with Gasteiger partial charge in [0.15, 0.2) is 0 Å². The molecule has 1 fully saturated rings. The van der Waals surface area contributed by atoms with Crippen molar-refractivity contribution < 1.29 is 19.1 Å². The molecule has 1 atom stereocenters. The largest absolute Gasteiger partial charge is 0.464 e. The average molecular weight is 333 g/mol. The molecule has 1 amide bonds. The van der Waals surface area contributed by atoms with Crippen molar-refractivity contribution in [3.8, 4) is 0 Å². The summed E-state index contributed by atoms with van der Waals surface area (Å²) in [5, 5.41) is 0. The molecule has 1 saturated heterocycles. The zero-order valence-corrected chi connectivity index (χ0v) is 14.4. The second kappa shape index (κ2) is 9.96. The molecule has 1 heterocycles. The lowest BCUT2D eigenvalue weighted by Crippen LogP contribution is -2.41. The summed E-state index contributed by atoms with van der Waals surface area (Å²) in [6.07, 6.45) is 5.26. The van der Waals surface area contributed by atoms with Crippen molar-refractivity contribution in [1.29, 1.82) is 0 Å². The molecule has 1 aliphatic heterocycles. The van der Waals surface area contributed by atoms with E-state index in [4.69, 9.17) is 9.47 Å². The van der Waals surface area contributed by atoms with E-state index in [2.05, 4.69) is 6.92 Å². The second-order valence-corrected chi connectivity index (χ2v) is 6.12. The van der Waals surface area contributed by atoms with Crippen LogP contribution < -0.4 is 0 Å². The number of rotatable bonds is 8. The fourth-order valence-corrected chi connectivity index (χ4v) is 2.83. The third-order valence-electron chi connectivity index (χ3n) is 4.21. The number of ether oxygens (including phenoxy) is 2. The summed E-state index contributed by atoms with van der Waals surface area (Å²) in [6, 6.07) is 9.02. The lowest BCUT2D eigenvalue weighted by Gasteiger charge is -2.22. The lowest BCUT2D eigenvalue weighted by atomic mass is 10.2. The molecule has 5 heteroatoms. The van der Waals surface area contributed by atoms with E-state index >= 15 is 0 Å². The molecule has 0 N–H and O–H groups in total. The van der Waals surface area contributed by atoms with E-state index in [9.17, 15) is 9.59 Å². The Morgan fingerprint density at radius 1 is 1.12 bits per heavy atom. The van der Waals surface area contributed by atoms with E-state index in [0.29, 0.717) is 19.6 Å². The van der Waals surface area contributed by atoms with E-state index in [1.165, 1.54) is 4.90 Å². The highest BCUT2D eigenvalue weighted by Crippen LogP contribution is 2.20. The van der Waals surface area contributed by atoms with Gasteiger partial charge in [-0.25, -0.2) is 9.59 Å². The molecule has 0 aromatic heterocycles. The molecule has 0 spiro atoms. The first-order valence-electron chi connectivity index (χ1n) is 8.86. The summed E-state index contributed by atoms with van der Waals surface area (Å²) in [5.41, 5.74) is 0.931. The summed E-state index contributed by atoms with van der Waals surface area (Å²) in [6.45, 7) is 3.34. The fraction of sp³-hybridized carbons (Fsp3) is 0.579. The monoisotopic (exact) mass is 333 g/mol. The Labute approximate surface area is 143 Å². The first kappa shape index (κ1) is 18.3. The number of hydrogen-bond acceptors (Lipinski definition) is 4. The van der Waals surface area contributed by atoms with Crippen LogP contribution in [0.25, 0.3) is 0 Å². The molecule has 24 heavy (non-hydrogen) atoms. The predicted octanol–water partition coefficient (Wildman–Crippen LogP) is 3.91. The molecule has 2 rings (SSSR count). The molecule has 1 aromatic carbocycles. The molecule has 1 aromatic rings. The predicted molar refractivity (Wildman–Crippen MR) is 91.5 cm³/mol. The van der Waals surface area contributed by atoms with Gasteiger partial charge in [-0.1, -0.05) is 56.5 Å². The topological polar surface area (TPSA) is 55.8 Å². The number of hydrogen-bond donors (Lipinski definition) is 0. The van der Waals surface area contributed by atoms with Crippen molar-refractivity contribution in [2.24, 2.45) is 0 Å². The van der Waals surface area contributed by atoms with Crippen molar-refractivity contribution in [3.05, 3.63) is 35.9 Å². The number of unbranched alkanes of at least 4 members (excludes halogenated alkanes) is 3. The Balaban J connectivity index is 1.76. The number of amides is 1. The first-order valence-corrected chi connectivity index (χ1v) is 8.86. The third-order valence-corrected chi connectivity index (χ3v) is 4.21. The number of esters is 1. The van der Waals surface area contributed by atoms with Gasteiger partial charge in [-0.05, 0) is 24.8 Å². The summed E-state index contributed by atoms with van der Waals surface area (Å²) in [4.78, 5) is 25.9. The number of benzene rings is 1. The Morgan fingerprint density at radius 2 is 1.92 bits per heavy atom. The molecule has 0 bridgehead atoms. The number of likely N-dealkylation sites (tertiary alicyclic amines) is 1. The van der Waals surface area contributed by atoms with E-state index in [0.717, 1.165) is 37.7 Å². The lowest BCUT2D eigenvalue weighted by molar-refractivity contribution is -0.148. The van der Waals surface area contributed by atoms with Crippen LogP contribution in [0.3, 0.4) is 0 Å². The third kappa shape index (κ3) is 5.55. The van der Waals surface area contributed by atoms with Gasteiger partial charge in [0.05, 0.1) is 6.61 Å². The minimum Gasteiger partial charge on any atom is -0.464 e. The van der Waals surface area contributed by atoms with Gasteiger partial charge >= 0.3 is 12.1 Å². The van der Waals surface area contributed by atoms with E-state index in [1.807, 2.05) is 30.3 Å². The average Bonchev–Trinajstić information content (AvgIpc) is 3.10. The van der Waals surface area contributed by atoms with Crippen LogP contribution in [0.4, 0.5) is 4.79 Å². The van der Waals surface area contributed by atoms with Gasteiger partial charge in [0.2, 0.25) is 0 Å². The van der Waals surface area contributed by atoms with Gasteiger partial charge in [0, 0.05) is 6.54 Å². The quantitative estimate of drug-likeness (QED) is 0.534. The van der Waals surface area contributed by atoms with Crippen LogP contribution >= 0.6 is 0 Å². The molecule has 5 nitrogen and oxygen atoms in total. The standard InChI is InChI=1S/C19H27NO4/c1-2-3-4-8-14-23-18(21)17-12-9-13-20(17)19(22)24-15-16-10-6-5-7-11-16/h5-7,10-11,17H,2-4,8-9,12-15H2,1H3. The zero-order valence-electron chi connectivity index (χ0n) is 14.4. The van der Waals surface area contributed by atoms with Gasteiger partial charge in [0.1, 0.15) is 12.6 Å². The van der Waals surface area contributed by atoms with Gasteiger partial charge in [0.25, 0.3) is 0 Å². The molecular formula is C19H27NO4. The highest BCUT2D eigenvalue weighted by molar-refractivity contribution is 5.82. The van der Waals surface area contributed by atoms with Gasteiger partial charge in [-0.15, -0.1) is 0 Å². The zero-order chi connectivity index (χ0) is 17.2. The molecule has 1 aliphatic rings. The summed E-state index contributed by atoms with van der Waals surface area (Å²) in [5.74, 6) is -0.305. The van der Waals surface area contributed by atoms with Crippen LogP contribution in [-0.2, 0) is 20.9 Å². The molecule has 0 saturated carbocycles. The normalized spacial score (nSPS) is 16.9. The Hall–Kier alpha value is -2.04. The maximum atomic E-state index is 12.2. The number of carbonyl (C=O) groups excluding carboxylic acids is 2. The van der Waals surface area contributed by atoms with Gasteiger partial charge in [-0.3, -0.25) is 4.90 Å². The van der Waals surface area contributed by atoms with Crippen LogP contribution in [-0.4, -0.2) is 36.2 Å². The van der Waals surface area contributed by atoms with Crippen molar-refractivity contribution >= 4 is 12.1 Å². The minimum atomic E-state index is -0.501. The van der Waals surface area contributed by atoms with E-state index in [1.54, 1.807) is 0 Å². The Bertz CT molecular complexity index is 517. The highest BCUT2D eigenvalue weighted by Gasteiger charge is 2.36. The van der Waals surface area contributed by atoms with Crippen molar-refractivity contribution in [2.45, 2.75) is 58.1 Å². The summed E-state index contributed by atoms with van der Waals surface area (Å²) < 4.78 is 10.7. The highest BCUT2D eigenvalue weighted by atomic mass is 16.6. The van der Waals surface area contributed by atoms with Crippen molar-refractivity contribution in [2.75, 3.05) is 13.2 Å². The van der Waals surface area contributed by atoms with Crippen molar-refractivity contribution in [1.82, 2.24) is 4.90 Å². The van der Waals surface area contributed by atoms with Crippen LogP contribution in [0.2, 0.25) is 0 Å². The molecule has 0 radical (unpaired) electrons. The van der Waals surface area contributed by atoms with Crippen LogP contribution in [0, 0.1) is 0 Å². The maximum Gasteiger partial charge on any atom is 0.410 e. The molecule has 0 aliphatic carbocycles. The van der Waals surface area contributed by atoms with E-state index in [-0.39, 0.29) is 12.6 Å². The van der Waals surface area contributed by atoms with Crippen LogP contribution in [0.1, 0.15) is 51.0 Å². The molecular weight excluding hydrogens is 306 g/mol. The number of carbonyl (C=O) groups is 2. The van der Waals surface area contributed by atoms with Gasteiger partial charge < -0.3 is 9.47 Å². The van der Waals surface area contributed by atoms with E-state index < -0.39 is 12.1 Å². The van der Waals surface area contributed by atoms with Crippen molar-refractivity contribution in [3.63, 3.8) is 0 Å². The first-order chi connectivity index (χ1) is 11.7. The Kier molecular flexibility index (Phi) is 7.59. The SMILES string of the molecule is CCCCCCOC(=O)C1CCCN1C(=O)OCc1ccccc1. The molecule has 1 unspecified atom stereocenters. The summed E-state index contributed by atoms with van der Waals surface area (Å²) in [7, 11) is 0. The van der Waals surface area contributed by atoms with Crippen LogP contribution in [0.5, 0.6) is 0 Å². The van der Waals surface area contributed by atoms with Crippen LogP contribution in [0.15, 0.2) is 30.3 Å².